The van der Waals surface area contributed by atoms with Crippen LogP contribution in [-0.2, 0) is 6.54 Å². The lowest BCUT2D eigenvalue weighted by atomic mass is 10.0. The third kappa shape index (κ3) is 3.98. The number of benzene rings is 1. The Morgan fingerprint density at radius 3 is 2.74 bits per heavy atom. The monoisotopic (exact) mass is 315 g/mol. The maximum Gasteiger partial charge on any atom is 0.230 e. The first kappa shape index (κ1) is 16.1. The first-order chi connectivity index (χ1) is 11.1. The predicted molar refractivity (Wildman–Crippen MR) is 87.8 cm³/mol. The summed E-state index contributed by atoms with van der Waals surface area (Å²) in [5, 5.41) is 18.7. The van der Waals surface area contributed by atoms with Crippen LogP contribution in [-0.4, -0.2) is 32.8 Å². The zero-order valence-corrected chi connectivity index (χ0v) is 13.9. The summed E-state index contributed by atoms with van der Waals surface area (Å²) in [5.41, 5.74) is 0.985. The van der Waals surface area contributed by atoms with Crippen molar-refractivity contribution in [2.75, 3.05) is 6.54 Å². The third-order valence-corrected chi connectivity index (χ3v) is 4.49. The fourth-order valence-corrected chi connectivity index (χ4v) is 3.18. The molecule has 1 aromatic heterocycles. The fraction of sp³-hybridized carbons (Fsp3) is 0.556. The van der Waals surface area contributed by atoms with Crippen LogP contribution in [0.2, 0.25) is 0 Å². The van der Waals surface area contributed by atoms with Crippen molar-refractivity contribution in [2.24, 2.45) is 0 Å². The van der Waals surface area contributed by atoms with Crippen molar-refractivity contribution in [3.63, 3.8) is 0 Å². The van der Waals surface area contributed by atoms with E-state index < -0.39 is 6.10 Å². The Labute approximate surface area is 137 Å². The van der Waals surface area contributed by atoms with Crippen molar-refractivity contribution in [2.45, 2.75) is 57.7 Å². The molecule has 124 valence electrons. The molecule has 2 heterocycles. The van der Waals surface area contributed by atoms with Crippen LogP contribution in [0.4, 0.5) is 0 Å². The van der Waals surface area contributed by atoms with Gasteiger partial charge in [0.15, 0.2) is 0 Å². The Kier molecular flexibility index (Phi) is 5.08. The predicted octanol–water partition coefficient (Wildman–Crippen LogP) is 3.28. The summed E-state index contributed by atoms with van der Waals surface area (Å²) >= 11 is 0. The number of likely N-dealkylation sites (tertiary alicyclic amines) is 1. The molecule has 2 aromatic rings. The smallest absolute Gasteiger partial charge is 0.230 e. The van der Waals surface area contributed by atoms with Gasteiger partial charge in [0.2, 0.25) is 11.8 Å². The largest absolute Gasteiger partial charge is 0.424 e. The quantitative estimate of drug-likeness (QED) is 0.886. The summed E-state index contributed by atoms with van der Waals surface area (Å²) < 4.78 is 5.72. The van der Waals surface area contributed by atoms with Crippen LogP contribution < -0.4 is 0 Å². The highest BCUT2D eigenvalue weighted by Gasteiger charge is 2.28. The third-order valence-electron chi connectivity index (χ3n) is 4.49. The molecule has 0 saturated carbocycles. The van der Waals surface area contributed by atoms with Crippen molar-refractivity contribution in [1.29, 1.82) is 0 Å². The second-order valence-electron chi connectivity index (χ2n) is 6.62. The van der Waals surface area contributed by atoms with Crippen LogP contribution in [0.15, 0.2) is 34.7 Å². The molecule has 1 fully saturated rings. The second-order valence-corrected chi connectivity index (χ2v) is 6.62. The number of aromatic nitrogens is 2. The molecular formula is C18H25N3O2. The van der Waals surface area contributed by atoms with Gasteiger partial charge in [-0.25, -0.2) is 0 Å². The molecule has 0 unspecified atom stereocenters. The lowest BCUT2D eigenvalue weighted by Gasteiger charge is -2.25. The van der Waals surface area contributed by atoms with Gasteiger partial charge in [-0.3, -0.25) is 4.90 Å². The minimum absolute atomic E-state index is 0.255. The zero-order chi connectivity index (χ0) is 16.2. The number of rotatable bonds is 6. The van der Waals surface area contributed by atoms with Gasteiger partial charge >= 0.3 is 0 Å². The molecule has 5 heteroatoms. The Morgan fingerprint density at radius 2 is 2.04 bits per heavy atom. The topological polar surface area (TPSA) is 62.4 Å². The first-order valence-corrected chi connectivity index (χ1v) is 8.43. The van der Waals surface area contributed by atoms with Crippen molar-refractivity contribution >= 4 is 0 Å². The van der Waals surface area contributed by atoms with Gasteiger partial charge < -0.3 is 9.52 Å². The number of aliphatic hydroxyl groups excluding tert-OH is 1. The molecular weight excluding hydrogens is 290 g/mol. The van der Waals surface area contributed by atoms with E-state index in [0.29, 0.717) is 24.4 Å². The summed E-state index contributed by atoms with van der Waals surface area (Å²) in [6, 6.07) is 10.2. The highest BCUT2D eigenvalue weighted by atomic mass is 16.4. The maximum absolute atomic E-state index is 10.5. The van der Waals surface area contributed by atoms with Gasteiger partial charge in [-0.15, -0.1) is 10.2 Å². The molecule has 0 aliphatic carbocycles. The number of hydrogen-bond donors (Lipinski definition) is 1. The molecule has 1 aromatic carbocycles. The van der Waals surface area contributed by atoms with E-state index in [1.165, 1.54) is 0 Å². The van der Waals surface area contributed by atoms with E-state index in [9.17, 15) is 5.11 Å². The standard InChI is InChI=1S/C18H25N3O2/c1-13(2)18-20-19-17(23-18)12-21-10-6-9-15(21)11-16(22)14-7-4-3-5-8-14/h3-5,7-8,13,15-16,22H,6,9-12H2,1-2H3/t15-,16+/m0/s1. The Bertz CT molecular complexity index is 612. The lowest BCUT2D eigenvalue weighted by Crippen LogP contribution is -2.30. The molecule has 0 radical (unpaired) electrons. The van der Waals surface area contributed by atoms with E-state index in [2.05, 4.69) is 15.1 Å². The number of nitrogens with zero attached hydrogens (tertiary/aromatic N) is 3. The van der Waals surface area contributed by atoms with Gasteiger partial charge in [0.1, 0.15) is 0 Å². The summed E-state index contributed by atoms with van der Waals surface area (Å²) in [6.45, 7) is 5.79. The normalized spacial score (nSPS) is 20.3. The molecule has 1 aliphatic rings. The molecule has 3 rings (SSSR count). The molecule has 0 spiro atoms. The van der Waals surface area contributed by atoms with E-state index in [0.717, 1.165) is 31.4 Å². The van der Waals surface area contributed by atoms with E-state index in [1.54, 1.807) is 0 Å². The van der Waals surface area contributed by atoms with Gasteiger partial charge in [0, 0.05) is 12.0 Å². The van der Waals surface area contributed by atoms with Crippen LogP contribution in [0.3, 0.4) is 0 Å². The average Bonchev–Trinajstić information content (AvgIpc) is 3.19. The van der Waals surface area contributed by atoms with Gasteiger partial charge in [0.05, 0.1) is 12.6 Å². The van der Waals surface area contributed by atoms with Crippen LogP contribution in [0.25, 0.3) is 0 Å². The van der Waals surface area contributed by atoms with Crippen molar-refractivity contribution in [3.8, 4) is 0 Å². The first-order valence-electron chi connectivity index (χ1n) is 8.43. The average molecular weight is 315 g/mol. The summed E-state index contributed by atoms with van der Waals surface area (Å²) in [7, 11) is 0. The van der Waals surface area contributed by atoms with Crippen LogP contribution in [0.5, 0.6) is 0 Å². The highest BCUT2D eigenvalue weighted by Crippen LogP contribution is 2.28. The van der Waals surface area contributed by atoms with Gasteiger partial charge in [0.25, 0.3) is 0 Å². The highest BCUT2D eigenvalue weighted by molar-refractivity contribution is 5.17. The zero-order valence-electron chi connectivity index (χ0n) is 13.9. The van der Waals surface area contributed by atoms with Gasteiger partial charge in [-0.05, 0) is 31.4 Å². The van der Waals surface area contributed by atoms with E-state index in [-0.39, 0.29) is 5.92 Å². The van der Waals surface area contributed by atoms with Crippen molar-refractivity contribution in [3.05, 3.63) is 47.7 Å². The lowest BCUT2D eigenvalue weighted by molar-refractivity contribution is 0.113. The summed E-state index contributed by atoms with van der Waals surface area (Å²) in [6.07, 6.45) is 2.58. The summed E-state index contributed by atoms with van der Waals surface area (Å²) in [5.74, 6) is 1.63. The minimum atomic E-state index is -0.421. The maximum atomic E-state index is 10.5. The van der Waals surface area contributed by atoms with Crippen LogP contribution in [0.1, 0.15) is 62.5 Å². The minimum Gasteiger partial charge on any atom is -0.424 e. The van der Waals surface area contributed by atoms with Gasteiger partial charge in [-0.1, -0.05) is 44.2 Å². The molecule has 23 heavy (non-hydrogen) atoms. The molecule has 1 N–H and O–H groups in total. The Hall–Kier alpha value is -1.72. The number of aliphatic hydroxyl groups is 1. The molecule has 5 nitrogen and oxygen atoms in total. The van der Waals surface area contributed by atoms with Gasteiger partial charge in [-0.2, -0.15) is 0 Å². The Morgan fingerprint density at radius 1 is 1.26 bits per heavy atom. The second kappa shape index (κ2) is 7.23. The van der Waals surface area contributed by atoms with E-state index in [4.69, 9.17) is 4.42 Å². The van der Waals surface area contributed by atoms with Crippen LogP contribution >= 0.6 is 0 Å². The Balaban J connectivity index is 1.61. The molecule has 0 amide bonds. The molecule has 0 bridgehead atoms. The van der Waals surface area contributed by atoms with Crippen LogP contribution in [0, 0.1) is 0 Å². The SMILES string of the molecule is CC(C)c1nnc(CN2CCC[C@H]2C[C@@H](O)c2ccccc2)o1. The molecule has 1 saturated heterocycles. The van der Waals surface area contributed by atoms with E-state index >= 15 is 0 Å². The molecule has 2 atom stereocenters. The summed E-state index contributed by atoms with van der Waals surface area (Å²) in [4.78, 5) is 2.35. The fourth-order valence-electron chi connectivity index (χ4n) is 3.18. The molecule has 1 aliphatic heterocycles. The number of hydrogen-bond acceptors (Lipinski definition) is 5. The van der Waals surface area contributed by atoms with Crippen molar-refractivity contribution in [1.82, 2.24) is 15.1 Å². The van der Waals surface area contributed by atoms with E-state index in [1.807, 2.05) is 44.2 Å². The van der Waals surface area contributed by atoms with Crippen molar-refractivity contribution < 1.29 is 9.52 Å².